The number of nitrogen functional groups attached to an aromatic ring is 1. The molecule has 18 heavy (non-hydrogen) atoms. The van der Waals surface area contributed by atoms with Crippen LogP contribution in [-0.2, 0) is 0 Å². The lowest BCUT2D eigenvalue weighted by atomic mass is 10.1. The first-order valence-corrected chi connectivity index (χ1v) is 6.16. The summed E-state index contributed by atoms with van der Waals surface area (Å²) in [7, 11) is 3.51. The maximum absolute atomic E-state index is 11.9. The number of hydrogen-bond acceptors (Lipinski definition) is 4. The minimum Gasteiger partial charge on any atom is -0.397 e. The van der Waals surface area contributed by atoms with Crippen molar-refractivity contribution >= 4 is 17.3 Å². The average molecular weight is 248 g/mol. The van der Waals surface area contributed by atoms with E-state index in [1.807, 2.05) is 12.1 Å². The van der Waals surface area contributed by atoms with Gasteiger partial charge in [0.2, 0.25) is 0 Å². The fourth-order valence-corrected chi connectivity index (χ4v) is 2.11. The highest BCUT2D eigenvalue weighted by molar-refractivity contribution is 5.96. The first-order chi connectivity index (χ1) is 8.59. The van der Waals surface area contributed by atoms with Crippen LogP contribution >= 0.6 is 0 Å². The van der Waals surface area contributed by atoms with Crippen LogP contribution < -0.4 is 16.0 Å². The van der Waals surface area contributed by atoms with Crippen LogP contribution in [0.2, 0.25) is 0 Å². The number of carbonyl (C=O) groups excluding carboxylic acids is 1. The first-order valence-electron chi connectivity index (χ1n) is 6.16. The molecule has 3 N–H and O–H groups in total. The zero-order valence-electron chi connectivity index (χ0n) is 10.9. The molecule has 1 aliphatic rings. The summed E-state index contributed by atoms with van der Waals surface area (Å²) in [5, 5.41) is 3.30. The molecule has 1 fully saturated rings. The second kappa shape index (κ2) is 5.27. The predicted molar refractivity (Wildman–Crippen MR) is 74.0 cm³/mol. The summed E-state index contributed by atoms with van der Waals surface area (Å²) in [5.74, 6) is 0.00591. The minimum atomic E-state index is 0.00591. The van der Waals surface area contributed by atoms with Gasteiger partial charge >= 0.3 is 0 Å². The number of rotatable bonds is 2. The predicted octanol–water partition coefficient (Wildman–Crippen LogP) is 0.380. The van der Waals surface area contributed by atoms with Gasteiger partial charge in [0.05, 0.1) is 11.4 Å². The largest absolute Gasteiger partial charge is 0.397 e. The molecule has 0 aromatic heterocycles. The van der Waals surface area contributed by atoms with Crippen LogP contribution in [0.5, 0.6) is 0 Å². The number of nitrogens with zero attached hydrogens (tertiary/aromatic N) is 2. The van der Waals surface area contributed by atoms with Crippen LogP contribution in [0.3, 0.4) is 0 Å². The number of anilines is 2. The molecule has 0 radical (unpaired) electrons. The van der Waals surface area contributed by atoms with E-state index in [1.54, 1.807) is 25.1 Å². The molecule has 1 saturated heterocycles. The molecule has 1 aromatic carbocycles. The van der Waals surface area contributed by atoms with E-state index >= 15 is 0 Å². The van der Waals surface area contributed by atoms with Crippen molar-refractivity contribution in [2.24, 2.45) is 0 Å². The van der Waals surface area contributed by atoms with Crippen molar-refractivity contribution in [3.8, 4) is 0 Å². The van der Waals surface area contributed by atoms with Gasteiger partial charge in [0, 0.05) is 45.8 Å². The molecule has 0 atom stereocenters. The molecule has 0 aliphatic carbocycles. The Bertz CT molecular complexity index is 439. The van der Waals surface area contributed by atoms with E-state index in [9.17, 15) is 4.79 Å². The summed E-state index contributed by atoms with van der Waals surface area (Å²) >= 11 is 0. The van der Waals surface area contributed by atoms with Gasteiger partial charge in [-0.2, -0.15) is 0 Å². The topological polar surface area (TPSA) is 61.6 Å². The van der Waals surface area contributed by atoms with Crippen LogP contribution in [0, 0.1) is 0 Å². The van der Waals surface area contributed by atoms with Gasteiger partial charge in [0.25, 0.3) is 5.91 Å². The zero-order chi connectivity index (χ0) is 13.1. The van der Waals surface area contributed by atoms with Crippen molar-refractivity contribution in [3.05, 3.63) is 23.8 Å². The number of nitrogens with two attached hydrogens (primary N) is 1. The smallest absolute Gasteiger partial charge is 0.253 e. The second-order valence-electron chi connectivity index (χ2n) is 4.71. The fourth-order valence-electron chi connectivity index (χ4n) is 2.11. The van der Waals surface area contributed by atoms with Crippen molar-refractivity contribution < 1.29 is 4.79 Å². The van der Waals surface area contributed by atoms with Gasteiger partial charge in [-0.05, 0) is 18.2 Å². The monoisotopic (exact) mass is 248 g/mol. The molecule has 1 amide bonds. The average Bonchev–Trinajstić information content (AvgIpc) is 2.39. The molecule has 0 unspecified atom stereocenters. The normalized spacial score (nSPS) is 15.6. The van der Waals surface area contributed by atoms with Gasteiger partial charge in [0.15, 0.2) is 0 Å². The fraction of sp³-hybridized carbons (Fsp3) is 0.462. The Labute approximate surface area is 108 Å². The Morgan fingerprint density at radius 1 is 1.33 bits per heavy atom. The molecule has 0 bridgehead atoms. The summed E-state index contributed by atoms with van der Waals surface area (Å²) in [5.41, 5.74) is 8.38. The second-order valence-corrected chi connectivity index (χ2v) is 4.71. The van der Waals surface area contributed by atoms with Gasteiger partial charge in [0.1, 0.15) is 0 Å². The first kappa shape index (κ1) is 12.7. The van der Waals surface area contributed by atoms with Crippen molar-refractivity contribution in [1.82, 2.24) is 10.2 Å². The standard InChI is InChI=1S/C13H20N4O/c1-16(2)13(18)10-3-4-11(14)12(9-10)17-7-5-15-6-8-17/h3-4,9,15H,5-8,14H2,1-2H3. The Kier molecular flexibility index (Phi) is 3.72. The Morgan fingerprint density at radius 2 is 2.00 bits per heavy atom. The van der Waals surface area contributed by atoms with E-state index in [0.29, 0.717) is 5.56 Å². The lowest BCUT2D eigenvalue weighted by Crippen LogP contribution is -2.43. The van der Waals surface area contributed by atoms with E-state index < -0.39 is 0 Å². The minimum absolute atomic E-state index is 0.00591. The summed E-state index contributed by atoms with van der Waals surface area (Å²) in [6.45, 7) is 3.74. The van der Waals surface area contributed by atoms with Crippen LogP contribution in [-0.4, -0.2) is 51.1 Å². The molecule has 1 aliphatic heterocycles. The number of carbonyl (C=O) groups is 1. The molecule has 0 saturated carbocycles. The number of nitrogens with one attached hydrogen (secondary N) is 1. The van der Waals surface area contributed by atoms with Crippen molar-refractivity contribution in [3.63, 3.8) is 0 Å². The molecule has 5 nitrogen and oxygen atoms in total. The highest BCUT2D eigenvalue weighted by Crippen LogP contribution is 2.25. The molecule has 1 heterocycles. The van der Waals surface area contributed by atoms with Gasteiger partial charge in [-0.25, -0.2) is 0 Å². The van der Waals surface area contributed by atoms with Crippen molar-refractivity contribution in [1.29, 1.82) is 0 Å². The van der Waals surface area contributed by atoms with E-state index in [-0.39, 0.29) is 5.91 Å². The van der Waals surface area contributed by atoms with Gasteiger partial charge in [-0.15, -0.1) is 0 Å². The highest BCUT2D eigenvalue weighted by atomic mass is 16.2. The number of hydrogen-bond donors (Lipinski definition) is 2. The number of piperazine rings is 1. The van der Waals surface area contributed by atoms with Crippen molar-refractivity contribution in [2.45, 2.75) is 0 Å². The maximum atomic E-state index is 11.9. The Hall–Kier alpha value is -1.75. The molecule has 2 rings (SSSR count). The van der Waals surface area contributed by atoms with Gasteiger partial charge < -0.3 is 20.9 Å². The summed E-state index contributed by atoms with van der Waals surface area (Å²) < 4.78 is 0. The van der Waals surface area contributed by atoms with Gasteiger partial charge in [-0.1, -0.05) is 0 Å². The van der Waals surface area contributed by atoms with Crippen molar-refractivity contribution in [2.75, 3.05) is 50.9 Å². The third kappa shape index (κ3) is 2.56. The van der Waals surface area contributed by atoms with E-state index in [2.05, 4.69) is 10.2 Å². The van der Waals surface area contributed by atoms with Crippen LogP contribution in [0.4, 0.5) is 11.4 Å². The highest BCUT2D eigenvalue weighted by Gasteiger charge is 2.16. The van der Waals surface area contributed by atoms with E-state index in [1.165, 1.54) is 0 Å². The molecule has 1 aromatic rings. The zero-order valence-corrected chi connectivity index (χ0v) is 10.9. The summed E-state index contributed by atoms with van der Waals surface area (Å²) in [6, 6.07) is 5.49. The van der Waals surface area contributed by atoms with Crippen LogP contribution in [0.15, 0.2) is 18.2 Å². The molecular weight excluding hydrogens is 228 g/mol. The van der Waals surface area contributed by atoms with E-state index in [4.69, 9.17) is 5.73 Å². The molecular formula is C13H20N4O. The Morgan fingerprint density at radius 3 is 2.61 bits per heavy atom. The quantitative estimate of drug-likeness (QED) is 0.743. The Balaban J connectivity index is 2.28. The lowest BCUT2D eigenvalue weighted by molar-refractivity contribution is 0.0827. The van der Waals surface area contributed by atoms with Gasteiger partial charge in [-0.3, -0.25) is 4.79 Å². The number of amides is 1. The molecule has 0 spiro atoms. The van der Waals surface area contributed by atoms with E-state index in [0.717, 1.165) is 37.6 Å². The van der Waals surface area contributed by atoms with Crippen LogP contribution in [0.1, 0.15) is 10.4 Å². The third-order valence-electron chi connectivity index (χ3n) is 3.14. The molecule has 98 valence electrons. The third-order valence-corrected chi connectivity index (χ3v) is 3.14. The van der Waals surface area contributed by atoms with Crippen LogP contribution in [0.25, 0.3) is 0 Å². The lowest BCUT2D eigenvalue weighted by Gasteiger charge is -2.30. The molecule has 5 heteroatoms. The number of benzene rings is 1. The SMILES string of the molecule is CN(C)C(=O)c1ccc(N)c(N2CCNCC2)c1. The summed E-state index contributed by atoms with van der Waals surface area (Å²) in [4.78, 5) is 15.7. The summed E-state index contributed by atoms with van der Waals surface area (Å²) in [6.07, 6.45) is 0. The maximum Gasteiger partial charge on any atom is 0.253 e.